The van der Waals surface area contributed by atoms with E-state index in [4.69, 9.17) is 0 Å². The summed E-state index contributed by atoms with van der Waals surface area (Å²) < 4.78 is 1.77. The van der Waals surface area contributed by atoms with Crippen LogP contribution in [0.2, 0.25) is 0 Å². The van der Waals surface area contributed by atoms with Crippen LogP contribution in [0, 0.1) is 19.3 Å². The van der Waals surface area contributed by atoms with Crippen molar-refractivity contribution in [2.75, 3.05) is 19.6 Å². The number of hydrogen-bond acceptors (Lipinski definition) is 5. The Bertz CT molecular complexity index is 1320. The molecule has 0 aliphatic carbocycles. The molecule has 2 N–H and O–H groups in total. The molecule has 1 saturated heterocycles. The van der Waals surface area contributed by atoms with Crippen LogP contribution in [0.1, 0.15) is 52.0 Å². The molecule has 1 aromatic heterocycles. The third kappa shape index (κ3) is 6.19. The molecule has 204 valence electrons. The zero-order chi connectivity index (χ0) is 27.4. The lowest BCUT2D eigenvalue weighted by atomic mass is 9.73. The highest BCUT2D eigenvalue weighted by Gasteiger charge is 2.44. The molecule has 2 aliphatic heterocycles. The highest BCUT2D eigenvalue weighted by atomic mass is 16.2. The SMILES string of the molecule is Cc1cc(C)cc(C(=O)N2CCC3(CC2)Cc2cn(nn2)CCCNC(=O)[C@H](Cc2ccccc2)NC3=O)c1. The van der Waals surface area contributed by atoms with Crippen molar-refractivity contribution in [3.05, 3.63) is 82.7 Å². The van der Waals surface area contributed by atoms with Gasteiger partial charge in [0.2, 0.25) is 11.8 Å². The predicted octanol–water partition coefficient (Wildman–Crippen LogP) is 2.61. The zero-order valence-electron chi connectivity index (χ0n) is 22.7. The second-order valence-corrected chi connectivity index (χ2v) is 11.0. The maximum Gasteiger partial charge on any atom is 0.253 e. The van der Waals surface area contributed by atoms with Crippen molar-refractivity contribution < 1.29 is 14.4 Å². The molecule has 2 aromatic carbocycles. The molecule has 0 unspecified atom stereocenters. The number of hydrogen-bond donors (Lipinski definition) is 2. The first-order chi connectivity index (χ1) is 18.8. The van der Waals surface area contributed by atoms with Gasteiger partial charge in [-0.2, -0.15) is 0 Å². The summed E-state index contributed by atoms with van der Waals surface area (Å²) in [6.45, 7) is 5.98. The largest absolute Gasteiger partial charge is 0.354 e. The fourth-order valence-electron chi connectivity index (χ4n) is 5.72. The highest BCUT2D eigenvalue weighted by molar-refractivity contribution is 5.95. The second kappa shape index (κ2) is 11.4. The van der Waals surface area contributed by atoms with Gasteiger partial charge in [0.15, 0.2) is 0 Å². The Morgan fingerprint density at radius 3 is 2.46 bits per heavy atom. The number of aromatic nitrogens is 3. The number of likely N-dealkylation sites (tertiary alicyclic amines) is 1. The smallest absolute Gasteiger partial charge is 0.253 e. The summed E-state index contributed by atoms with van der Waals surface area (Å²) in [7, 11) is 0. The third-order valence-electron chi connectivity index (χ3n) is 7.83. The lowest BCUT2D eigenvalue weighted by Gasteiger charge is -2.41. The van der Waals surface area contributed by atoms with Crippen molar-refractivity contribution in [1.29, 1.82) is 0 Å². The minimum atomic E-state index is -0.802. The molecule has 3 amide bonds. The minimum absolute atomic E-state index is 0.0195. The molecule has 9 heteroatoms. The van der Waals surface area contributed by atoms with E-state index < -0.39 is 11.5 Å². The molecule has 3 heterocycles. The number of nitrogens with one attached hydrogen (secondary N) is 2. The predicted molar refractivity (Wildman–Crippen MR) is 147 cm³/mol. The Labute approximate surface area is 229 Å². The van der Waals surface area contributed by atoms with Gasteiger partial charge in [0, 0.05) is 50.8 Å². The van der Waals surface area contributed by atoms with Crippen LogP contribution in [0.25, 0.3) is 0 Å². The first kappa shape index (κ1) is 26.6. The van der Waals surface area contributed by atoms with Gasteiger partial charge in [0.25, 0.3) is 5.91 Å². The van der Waals surface area contributed by atoms with Crippen LogP contribution in [-0.2, 0) is 29.0 Å². The third-order valence-corrected chi connectivity index (χ3v) is 7.83. The highest BCUT2D eigenvalue weighted by Crippen LogP contribution is 2.36. The molecule has 39 heavy (non-hydrogen) atoms. The summed E-state index contributed by atoms with van der Waals surface area (Å²) in [4.78, 5) is 42.4. The monoisotopic (exact) mass is 528 g/mol. The number of amides is 3. The van der Waals surface area contributed by atoms with E-state index in [9.17, 15) is 14.4 Å². The van der Waals surface area contributed by atoms with Crippen LogP contribution in [0.15, 0.2) is 54.7 Å². The van der Waals surface area contributed by atoms with E-state index in [-0.39, 0.29) is 17.7 Å². The molecule has 0 saturated carbocycles. The van der Waals surface area contributed by atoms with E-state index in [1.165, 1.54) is 0 Å². The van der Waals surface area contributed by atoms with Crippen molar-refractivity contribution >= 4 is 17.7 Å². The molecule has 1 spiro atoms. The van der Waals surface area contributed by atoms with Gasteiger partial charge in [-0.3, -0.25) is 19.1 Å². The number of fused-ring (bicyclic) bond motifs is 2. The van der Waals surface area contributed by atoms with Gasteiger partial charge in [-0.15, -0.1) is 5.10 Å². The van der Waals surface area contributed by atoms with Crippen molar-refractivity contribution in [2.45, 2.75) is 58.5 Å². The van der Waals surface area contributed by atoms with Crippen LogP contribution in [0.5, 0.6) is 0 Å². The Morgan fingerprint density at radius 1 is 1.03 bits per heavy atom. The molecule has 2 aliphatic rings. The Morgan fingerprint density at radius 2 is 1.74 bits per heavy atom. The maximum atomic E-state index is 14.0. The first-order valence-corrected chi connectivity index (χ1v) is 13.7. The van der Waals surface area contributed by atoms with E-state index in [2.05, 4.69) is 27.0 Å². The summed E-state index contributed by atoms with van der Waals surface area (Å²) in [5.41, 5.74) is 3.69. The zero-order valence-corrected chi connectivity index (χ0v) is 22.7. The molecule has 0 radical (unpaired) electrons. The van der Waals surface area contributed by atoms with Crippen LogP contribution in [-0.4, -0.2) is 63.3 Å². The summed E-state index contributed by atoms with van der Waals surface area (Å²) in [5, 5.41) is 14.7. The number of rotatable bonds is 3. The summed E-state index contributed by atoms with van der Waals surface area (Å²) in [6, 6.07) is 14.9. The fourth-order valence-corrected chi connectivity index (χ4v) is 5.72. The van der Waals surface area contributed by atoms with Crippen LogP contribution in [0.4, 0.5) is 0 Å². The summed E-state index contributed by atoms with van der Waals surface area (Å²) >= 11 is 0. The van der Waals surface area contributed by atoms with E-state index >= 15 is 0 Å². The Balaban J connectivity index is 1.39. The molecule has 5 rings (SSSR count). The van der Waals surface area contributed by atoms with E-state index in [1.807, 2.05) is 67.4 Å². The number of piperidine rings is 1. The average molecular weight is 529 g/mol. The minimum Gasteiger partial charge on any atom is -0.354 e. The van der Waals surface area contributed by atoms with Crippen molar-refractivity contribution in [2.24, 2.45) is 5.41 Å². The van der Waals surface area contributed by atoms with Gasteiger partial charge >= 0.3 is 0 Å². The molecule has 1 atom stereocenters. The van der Waals surface area contributed by atoms with Gasteiger partial charge in [0.1, 0.15) is 6.04 Å². The van der Waals surface area contributed by atoms with E-state index in [1.54, 1.807) is 4.68 Å². The van der Waals surface area contributed by atoms with Gasteiger partial charge < -0.3 is 15.5 Å². The van der Waals surface area contributed by atoms with Gasteiger partial charge in [-0.1, -0.05) is 52.7 Å². The molecule has 9 nitrogen and oxygen atoms in total. The average Bonchev–Trinajstić information content (AvgIpc) is 3.37. The lowest BCUT2D eigenvalue weighted by Crippen LogP contribution is -2.56. The van der Waals surface area contributed by atoms with Crippen molar-refractivity contribution in [1.82, 2.24) is 30.5 Å². The Hall–Kier alpha value is -4.01. The van der Waals surface area contributed by atoms with E-state index in [0.717, 1.165) is 22.4 Å². The van der Waals surface area contributed by atoms with Crippen LogP contribution < -0.4 is 10.6 Å². The van der Waals surface area contributed by atoms with Crippen molar-refractivity contribution in [3.63, 3.8) is 0 Å². The quantitative estimate of drug-likeness (QED) is 0.543. The molecular weight excluding hydrogens is 492 g/mol. The molecule has 3 aromatic rings. The van der Waals surface area contributed by atoms with Gasteiger partial charge in [0.05, 0.1) is 11.1 Å². The summed E-state index contributed by atoms with van der Waals surface area (Å²) in [6.07, 6.45) is 4.36. The number of benzene rings is 2. The normalized spacial score (nSPS) is 19.8. The lowest BCUT2D eigenvalue weighted by molar-refractivity contribution is -0.137. The standard InChI is InChI=1S/C30H36N6O3/c1-21-15-22(2)17-24(16-21)28(38)35-13-9-30(10-14-35)19-25-20-36(34-33-25)12-6-11-31-27(37)26(32-29(30)39)18-23-7-4-3-5-8-23/h3-5,7-8,15-17,20,26H,6,9-14,18-19H2,1-2H3,(H,31,37)(H,32,39)/t26-/m0/s1. The summed E-state index contributed by atoms with van der Waals surface area (Å²) in [5.74, 6) is -0.387. The first-order valence-electron chi connectivity index (χ1n) is 13.7. The fraction of sp³-hybridized carbons (Fsp3) is 0.433. The number of aryl methyl sites for hydroxylation is 3. The number of nitrogens with zero attached hydrogens (tertiary/aromatic N) is 4. The second-order valence-electron chi connectivity index (χ2n) is 11.0. The number of carbonyl (C=O) groups is 3. The molecule has 2 bridgehead atoms. The van der Waals surface area contributed by atoms with E-state index in [0.29, 0.717) is 63.8 Å². The van der Waals surface area contributed by atoms with Crippen molar-refractivity contribution in [3.8, 4) is 0 Å². The topological polar surface area (TPSA) is 109 Å². The molecule has 1 fully saturated rings. The Kier molecular flexibility index (Phi) is 7.77. The maximum absolute atomic E-state index is 14.0. The van der Waals surface area contributed by atoms with Gasteiger partial charge in [-0.25, -0.2) is 0 Å². The van der Waals surface area contributed by atoms with Crippen LogP contribution in [0.3, 0.4) is 0 Å². The molecular formula is C30H36N6O3. The van der Waals surface area contributed by atoms with Gasteiger partial charge in [-0.05, 0) is 50.8 Å². The number of carbonyl (C=O) groups excluding carboxylic acids is 3. The van der Waals surface area contributed by atoms with Crippen LogP contribution >= 0.6 is 0 Å².